The molecule has 1 aliphatic heterocycles. The van der Waals surface area contributed by atoms with Crippen molar-refractivity contribution in [3.05, 3.63) is 0 Å². The van der Waals surface area contributed by atoms with Crippen LogP contribution in [0.3, 0.4) is 0 Å². The van der Waals surface area contributed by atoms with Crippen molar-refractivity contribution in [3.8, 4) is 0 Å². The number of hydrogen-bond acceptors (Lipinski definition) is 2. The molecule has 0 saturated heterocycles. The van der Waals surface area contributed by atoms with Gasteiger partial charge in [0, 0.05) is 6.54 Å². The Hall–Kier alpha value is -1.06. The largest absolute Gasteiger partial charge is 0.385 e. The number of nitrogens with zero attached hydrogens (tertiary/aromatic N) is 2. The van der Waals surface area contributed by atoms with E-state index in [1.807, 2.05) is 4.90 Å². The summed E-state index contributed by atoms with van der Waals surface area (Å²) in [5.41, 5.74) is 6.16. The van der Waals surface area contributed by atoms with Gasteiger partial charge >= 0.3 is 6.03 Å². The number of amidine groups is 1. The van der Waals surface area contributed by atoms with E-state index < -0.39 is 0 Å². The van der Waals surface area contributed by atoms with Crippen molar-refractivity contribution in [2.75, 3.05) is 6.54 Å². The van der Waals surface area contributed by atoms with Crippen LogP contribution in [0.2, 0.25) is 0 Å². The summed E-state index contributed by atoms with van der Waals surface area (Å²) in [7, 11) is 0. The van der Waals surface area contributed by atoms with Crippen LogP contribution in [0.1, 0.15) is 53.4 Å². The Morgan fingerprint density at radius 1 is 1.44 bits per heavy atom. The van der Waals surface area contributed by atoms with E-state index in [-0.39, 0.29) is 11.6 Å². The minimum absolute atomic E-state index is 0.138. The zero-order chi connectivity index (χ0) is 13.6. The molecule has 2 N–H and O–H groups in total. The Labute approximate surface area is 110 Å². The van der Waals surface area contributed by atoms with Crippen molar-refractivity contribution in [1.82, 2.24) is 4.90 Å². The molecule has 1 spiro atoms. The fourth-order valence-corrected chi connectivity index (χ4v) is 3.74. The van der Waals surface area contributed by atoms with Gasteiger partial charge in [-0.3, -0.25) is 0 Å². The molecule has 1 saturated carbocycles. The monoisotopic (exact) mass is 251 g/mol. The molecule has 4 heteroatoms. The van der Waals surface area contributed by atoms with Crippen molar-refractivity contribution in [3.63, 3.8) is 0 Å². The molecular weight excluding hydrogens is 226 g/mol. The molecule has 0 radical (unpaired) electrons. The van der Waals surface area contributed by atoms with Gasteiger partial charge in [0.05, 0.1) is 0 Å². The van der Waals surface area contributed by atoms with E-state index in [1.54, 1.807) is 0 Å². The normalized spacial score (nSPS) is 35.1. The Morgan fingerprint density at radius 2 is 2.11 bits per heavy atom. The number of amides is 2. The first-order chi connectivity index (χ1) is 8.33. The number of urea groups is 1. The first kappa shape index (κ1) is 13.4. The van der Waals surface area contributed by atoms with Gasteiger partial charge in [-0.05, 0) is 37.0 Å². The van der Waals surface area contributed by atoms with E-state index in [4.69, 9.17) is 5.73 Å². The fourth-order valence-electron chi connectivity index (χ4n) is 3.74. The molecule has 2 rings (SSSR count). The van der Waals surface area contributed by atoms with Gasteiger partial charge in [0.2, 0.25) is 0 Å². The average molecular weight is 251 g/mol. The molecule has 1 aliphatic carbocycles. The molecule has 1 fully saturated rings. The topological polar surface area (TPSA) is 58.7 Å². The number of carbonyl (C=O) groups excluding carboxylic acids is 1. The van der Waals surface area contributed by atoms with E-state index >= 15 is 0 Å². The summed E-state index contributed by atoms with van der Waals surface area (Å²) in [5, 5.41) is 0. The lowest BCUT2D eigenvalue weighted by molar-refractivity contribution is 0.0512. The fraction of sp³-hybridized carbons (Fsp3) is 0.857. The number of nitrogens with two attached hydrogens (primary N) is 1. The Kier molecular flexibility index (Phi) is 3.16. The van der Waals surface area contributed by atoms with Gasteiger partial charge in [-0.25, -0.2) is 4.79 Å². The molecule has 102 valence electrons. The van der Waals surface area contributed by atoms with Crippen LogP contribution in [0.5, 0.6) is 0 Å². The molecule has 0 aromatic rings. The molecule has 0 bridgehead atoms. The molecule has 2 amide bonds. The van der Waals surface area contributed by atoms with Crippen LogP contribution in [0.25, 0.3) is 0 Å². The van der Waals surface area contributed by atoms with Crippen molar-refractivity contribution < 1.29 is 4.79 Å². The minimum Gasteiger partial charge on any atom is -0.385 e. The highest BCUT2D eigenvalue weighted by Crippen LogP contribution is 2.48. The summed E-state index contributed by atoms with van der Waals surface area (Å²) in [6, 6.07) is -0.138. The summed E-state index contributed by atoms with van der Waals surface area (Å²) < 4.78 is 0. The van der Waals surface area contributed by atoms with Crippen LogP contribution in [0, 0.1) is 11.3 Å². The highest BCUT2D eigenvalue weighted by atomic mass is 16.2. The van der Waals surface area contributed by atoms with Crippen LogP contribution in [-0.2, 0) is 0 Å². The number of hydrogen-bond donors (Lipinski definition) is 1. The molecule has 1 heterocycles. The van der Waals surface area contributed by atoms with Gasteiger partial charge in [0.15, 0.2) is 0 Å². The average Bonchev–Trinajstić information content (AvgIpc) is 2.48. The van der Waals surface area contributed by atoms with Gasteiger partial charge in [-0.1, -0.05) is 27.7 Å². The molecule has 2 unspecified atom stereocenters. The summed E-state index contributed by atoms with van der Waals surface area (Å²) in [5.74, 6) is 0.923. The van der Waals surface area contributed by atoms with Crippen molar-refractivity contribution in [2.24, 2.45) is 22.1 Å². The lowest BCUT2D eigenvalue weighted by atomic mass is 9.63. The predicted molar refractivity (Wildman–Crippen MR) is 73.5 cm³/mol. The first-order valence-electron chi connectivity index (χ1n) is 7.00. The second-order valence-electron chi connectivity index (χ2n) is 6.62. The standard InChI is InChI=1S/C14H25N3O/c1-5-8-17-12(18)16-11(15)14(17)7-6-13(3,4)9-10(14)2/h10H,5-9H2,1-4H3,(H2,15,16,18). The smallest absolute Gasteiger partial charge is 0.346 e. The summed E-state index contributed by atoms with van der Waals surface area (Å²) in [6.07, 6.45) is 4.09. The van der Waals surface area contributed by atoms with E-state index in [0.717, 1.165) is 32.2 Å². The third-order valence-corrected chi connectivity index (χ3v) is 4.68. The molecule has 0 aromatic carbocycles. The van der Waals surface area contributed by atoms with Crippen LogP contribution >= 0.6 is 0 Å². The van der Waals surface area contributed by atoms with Gasteiger partial charge in [-0.2, -0.15) is 4.99 Å². The number of rotatable bonds is 2. The Morgan fingerprint density at radius 3 is 2.67 bits per heavy atom. The quantitative estimate of drug-likeness (QED) is 0.820. The molecule has 2 atom stereocenters. The molecule has 2 aliphatic rings. The SMILES string of the molecule is CCCN1C(=O)N=C(N)C12CCC(C)(C)CC2C. The molecule has 0 aromatic heterocycles. The van der Waals surface area contributed by atoms with Crippen LogP contribution in [-0.4, -0.2) is 28.9 Å². The van der Waals surface area contributed by atoms with Crippen molar-refractivity contribution >= 4 is 11.9 Å². The summed E-state index contributed by atoms with van der Waals surface area (Å²) in [6.45, 7) is 9.65. The van der Waals surface area contributed by atoms with E-state index in [1.165, 1.54) is 0 Å². The first-order valence-corrected chi connectivity index (χ1v) is 7.00. The highest BCUT2D eigenvalue weighted by Gasteiger charge is 2.54. The van der Waals surface area contributed by atoms with Crippen LogP contribution in [0.15, 0.2) is 4.99 Å². The van der Waals surface area contributed by atoms with Crippen LogP contribution in [0.4, 0.5) is 4.79 Å². The second-order valence-corrected chi connectivity index (χ2v) is 6.62. The summed E-state index contributed by atoms with van der Waals surface area (Å²) in [4.78, 5) is 18.0. The minimum atomic E-state index is -0.303. The Balaban J connectivity index is 2.33. The van der Waals surface area contributed by atoms with Gasteiger partial charge in [0.25, 0.3) is 0 Å². The van der Waals surface area contributed by atoms with Crippen molar-refractivity contribution in [2.45, 2.75) is 58.9 Å². The number of carbonyl (C=O) groups is 1. The maximum atomic E-state index is 12.0. The zero-order valence-corrected chi connectivity index (χ0v) is 12.0. The van der Waals surface area contributed by atoms with E-state index in [0.29, 0.717) is 17.2 Å². The third kappa shape index (κ3) is 1.82. The maximum absolute atomic E-state index is 12.0. The van der Waals surface area contributed by atoms with E-state index in [2.05, 4.69) is 32.7 Å². The zero-order valence-electron chi connectivity index (χ0n) is 12.0. The van der Waals surface area contributed by atoms with Gasteiger partial charge in [-0.15, -0.1) is 0 Å². The van der Waals surface area contributed by atoms with Gasteiger partial charge < -0.3 is 10.6 Å². The third-order valence-electron chi connectivity index (χ3n) is 4.68. The van der Waals surface area contributed by atoms with Crippen LogP contribution < -0.4 is 5.73 Å². The maximum Gasteiger partial charge on any atom is 0.346 e. The molecular formula is C14H25N3O. The van der Waals surface area contributed by atoms with Gasteiger partial charge in [0.1, 0.15) is 11.4 Å². The Bertz CT molecular complexity index is 389. The van der Waals surface area contributed by atoms with Crippen molar-refractivity contribution in [1.29, 1.82) is 0 Å². The lowest BCUT2D eigenvalue weighted by Crippen LogP contribution is -2.61. The lowest BCUT2D eigenvalue weighted by Gasteiger charge is -2.50. The number of aliphatic imine (C=N–C) groups is 1. The predicted octanol–water partition coefficient (Wildman–Crippen LogP) is 2.77. The van der Waals surface area contributed by atoms with E-state index in [9.17, 15) is 4.79 Å². The highest BCUT2D eigenvalue weighted by molar-refractivity contribution is 6.06. The second kappa shape index (κ2) is 4.25. The summed E-state index contributed by atoms with van der Waals surface area (Å²) >= 11 is 0. The molecule has 18 heavy (non-hydrogen) atoms. The molecule has 4 nitrogen and oxygen atoms in total.